The lowest BCUT2D eigenvalue weighted by Crippen LogP contribution is -2.14. The molecule has 0 saturated carbocycles. The molecule has 0 spiro atoms. The number of methoxy groups -OCH3 is 1. The lowest BCUT2D eigenvalue weighted by molar-refractivity contribution is -0.113. The smallest absolute Gasteiger partial charge is 0.234 e. The Kier molecular flexibility index (Phi) is 5.50. The van der Waals surface area contributed by atoms with Gasteiger partial charge in [0.1, 0.15) is 11.6 Å². The molecule has 0 aliphatic carbocycles. The highest BCUT2D eigenvalue weighted by Crippen LogP contribution is 2.26. The number of carbonyl (C=O) groups is 1. The maximum atomic E-state index is 12.4. The summed E-state index contributed by atoms with van der Waals surface area (Å²) in [6.07, 6.45) is 0. The second kappa shape index (κ2) is 8.22. The molecule has 7 nitrogen and oxygen atoms in total. The second-order valence-corrected chi connectivity index (χ2v) is 8.49. The highest BCUT2D eigenvalue weighted by atomic mass is 32.2. The van der Waals surface area contributed by atoms with Gasteiger partial charge in [-0.1, -0.05) is 11.8 Å². The molecular weight excluding hydrogens is 406 g/mol. The number of nitrogens with zero attached hydrogens (tertiary/aromatic N) is 4. The zero-order chi connectivity index (χ0) is 20.4. The van der Waals surface area contributed by atoms with E-state index in [4.69, 9.17) is 4.74 Å². The first-order valence-corrected chi connectivity index (χ1v) is 10.7. The SMILES string of the molecule is COc1ccc(-n2c(C)nnc2SCC(=O)Nc2ccc3nc(C)sc3c2)cc1. The van der Waals surface area contributed by atoms with Gasteiger partial charge in [0, 0.05) is 11.4 Å². The van der Waals surface area contributed by atoms with Crippen molar-refractivity contribution in [1.29, 1.82) is 0 Å². The quantitative estimate of drug-likeness (QED) is 0.466. The number of aromatic nitrogens is 4. The van der Waals surface area contributed by atoms with Crippen molar-refractivity contribution >= 4 is 44.9 Å². The number of thioether (sulfide) groups is 1. The van der Waals surface area contributed by atoms with E-state index in [-0.39, 0.29) is 11.7 Å². The number of aryl methyl sites for hydroxylation is 2. The molecule has 0 fully saturated rings. The van der Waals surface area contributed by atoms with E-state index in [1.807, 2.05) is 60.9 Å². The molecule has 1 N–H and O–H groups in total. The fourth-order valence-electron chi connectivity index (χ4n) is 2.91. The van der Waals surface area contributed by atoms with Crippen molar-refractivity contribution in [3.63, 3.8) is 0 Å². The lowest BCUT2D eigenvalue weighted by Gasteiger charge is -2.09. The molecule has 4 rings (SSSR count). The highest BCUT2D eigenvalue weighted by Gasteiger charge is 2.14. The number of nitrogens with one attached hydrogen (secondary N) is 1. The van der Waals surface area contributed by atoms with Crippen LogP contribution in [-0.4, -0.2) is 38.5 Å². The minimum atomic E-state index is -0.0995. The minimum Gasteiger partial charge on any atom is -0.497 e. The average Bonchev–Trinajstić information content (AvgIpc) is 3.27. The van der Waals surface area contributed by atoms with Crippen LogP contribution < -0.4 is 10.1 Å². The van der Waals surface area contributed by atoms with Crippen molar-refractivity contribution in [2.24, 2.45) is 0 Å². The van der Waals surface area contributed by atoms with Gasteiger partial charge in [-0.15, -0.1) is 21.5 Å². The van der Waals surface area contributed by atoms with Crippen LogP contribution in [0.3, 0.4) is 0 Å². The van der Waals surface area contributed by atoms with E-state index in [0.717, 1.165) is 38.2 Å². The zero-order valence-electron chi connectivity index (χ0n) is 16.2. The van der Waals surface area contributed by atoms with Gasteiger partial charge in [0.25, 0.3) is 0 Å². The third-order valence-corrected chi connectivity index (χ3v) is 6.10. The van der Waals surface area contributed by atoms with Crippen LogP contribution in [0.1, 0.15) is 10.8 Å². The maximum Gasteiger partial charge on any atom is 0.234 e. The summed E-state index contributed by atoms with van der Waals surface area (Å²) >= 11 is 2.95. The predicted octanol–water partition coefficient (Wildman–Crippen LogP) is 4.23. The Morgan fingerprint density at radius 3 is 2.72 bits per heavy atom. The number of thiazole rings is 1. The van der Waals surface area contributed by atoms with Gasteiger partial charge in [-0.25, -0.2) is 4.98 Å². The van der Waals surface area contributed by atoms with E-state index in [2.05, 4.69) is 20.5 Å². The van der Waals surface area contributed by atoms with Crippen LogP contribution >= 0.6 is 23.1 Å². The van der Waals surface area contributed by atoms with Gasteiger partial charge >= 0.3 is 0 Å². The fourth-order valence-corrected chi connectivity index (χ4v) is 4.57. The normalized spacial score (nSPS) is 11.0. The van der Waals surface area contributed by atoms with Crippen molar-refractivity contribution in [3.05, 3.63) is 53.3 Å². The van der Waals surface area contributed by atoms with Gasteiger partial charge in [-0.2, -0.15) is 0 Å². The zero-order valence-corrected chi connectivity index (χ0v) is 17.8. The Hall–Kier alpha value is -2.91. The lowest BCUT2D eigenvalue weighted by atomic mass is 10.3. The van der Waals surface area contributed by atoms with Crippen LogP contribution in [0.4, 0.5) is 5.69 Å². The molecule has 9 heteroatoms. The first kappa shape index (κ1) is 19.4. The van der Waals surface area contributed by atoms with Crippen molar-refractivity contribution in [3.8, 4) is 11.4 Å². The maximum absolute atomic E-state index is 12.4. The van der Waals surface area contributed by atoms with Crippen LogP contribution in [-0.2, 0) is 4.79 Å². The van der Waals surface area contributed by atoms with Crippen LogP contribution in [0.25, 0.3) is 15.9 Å². The summed E-state index contributed by atoms with van der Waals surface area (Å²) < 4.78 is 8.19. The summed E-state index contributed by atoms with van der Waals surface area (Å²) in [7, 11) is 1.63. The molecule has 2 aromatic heterocycles. The average molecular weight is 426 g/mol. The monoisotopic (exact) mass is 425 g/mol. The molecule has 0 aliphatic rings. The summed E-state index contributed by atoms with van der Waals surface area (Å²) in [6.45, 7) is 3.86. The molecule has 1 amide bonds. The van der Waals surface area contributed by atoms with Gasteiger partial charge in [-0.3, -0.25) is 9.36 Å². The third kappa shape index (κ3) is 4.25. The number of rotatable bonds is 6. The first-order chi connectivity index (χ1) is 14.0. The Balaban J connectivity index is 1.45. The van der Waals surface area contributed by atoms with Gasteiger partial charge < -0.3 is 10.1 Å². The van der Waals surface area contributed by atoms with E-state index >= 15 is 0 Å². The Morgan fingerprint density at radius 1 is 1.17 bits per heavy atom. The van der Waals surface area contributed by atoms with Gasteiger partial charge in [0.2, 0.25) is 5.91 Å². The van der Waals surface area contributed by atoms with E-state index in [0.29, 0.717) is 5.16 Å². The summed E-state index contributed by atoms with van der Waals surface area (Å²) in [5.41, 5.74) is 2.63. The Morgan fingerprint density at radius 2 is 1.97 bits per heavy atom. The van der Waals surface area contributed by atoms with E-state index in [9.17, 15) is 4.79 Å². The predicted molar refractivity (Wildman–Crippen MR) is 116 cm³/mol. The molecule has 4 aromatic rings. The molecular formula is C20H19N5O2S2. The van der Waals surface area contributed by atoms with Gasteiger partial charge in [0.15, 0.2) is 5.16 Å². The van der Waals surface area contributed by atoms with Crippen molar-refractivity contribution < 1.29 is 9.53 Å². The number of ether oxygens (including phenoxy) is 1. The molecule has 2 aromatic carbocycles. The topological polar surface area (TPSA) is 81.9 Å². The summed E-state index contributed by atoms with van der Waals surface area (Å²) in [6, 6.07) is 13.4. The van der Waals surface area contributed by atoms with Crippen molar-refractivity contribution in [2.45, 2.75) is 19.0 Å². The molecule has 0 radical (unpaired) electrons. The standard InChI is InChI=1S/C20H19N5O2S2/c1-12-23-24-20(25(12)15-5-7-16(27-3)8-6-15)28-11-19(26)22-14-4-9-17-18(10-14)29-13(2)21-17/h4-10H,11H2,1-3H3,(H,22,26). The fraction of sp³-hybridized carbons (Fsp3) is 0.200. The number of amides is 1. The first-order valence-electron chi connectivity index (χ1n) is 8.90. The molecule has 0 unspecified atom stereocenters. The Bertz CT molecular complexity index is 1170. The minimum absolute atomic E-state index is 0.0995. The molecule has 0 bridgehead atoms. The van der Waals surface area contributed by atoms with Crippen LogP contribution in [0.2, 0.25) is 0 Å². The van der Waals surface area contributed by atoms with Gasteiger partial charge in [-0.05, 0) is 56.3 Å². The number of fused-ring (bicyclic) bond motifs is 1. The number of hydrogen-bond donors (Lipinski definition) is 1. The molecule has 0 aliphatic heterocycles. The number of carbonyl (C=O) groups excluding carboxylic acids is 1. The van der Waals surface area contributed by atoms with Crippen LogP contribution in [0.5, 0.6) is 5.75 Å². The van der Waals surface area contributed by atoms with Crippen molar-refractivity contribution in [2.75, 3.05) is 18.2 Å². The molecule has 0 saturated heterocycles. The molecule has 29 heavy (non-hydrogen) atoms. The molecule has 148 valence electrons. The van der Waals surface area contributed by atoms with E-state index in [1.54, 1.807) is 18.4 Å². The second-order valence-electron chi connectivity index (χ2n) is 6.32. The van der Waals surface area contributed by atoms with E-state index < -0.39 is 0 Å². The summed E-state index contributed by atoms with van der Waals surface area (Å²) in [5, 5.41) is 13.0. The largest absolute Gasteiger partial charge is 0.497 e. The van der Waals surface area contributed by atoms with Gasteiger partial charge in [0.05, 0.1) is 28.1 Å². The molecule has 2 heterocycles. The molecule has 0 atom stereocenters. The number of hydrogen-bond acceptors (Lipinski definition) is 7. The Labute approximate surface area is 176 Å². The summed E-state index contributed by atoms with van der Waals surface area (Å²) in [4.78, 5) is 16.9. The van der Waals surface area contributed by atoms with E-state index in [1.165, 1.54) is 11.8 Å². The number of anilines is 1. The summed E-state index contributed by atoms with van der Waals surface area (Å²) in [5.74, 6) is 1.66. The highest BCUT2D eigenvalue weighted by molar-refractivity contribution is 7.99. The van der Waals surface area contributed by atoms with Crippen molar-refractivity contribution in [1.82, 2.24) is 19.7 Å². The van der Waals surface area contributed by atoms with Crippen LogP contribution in [0, 0.1) is 13.8 Å². The third-order valence-electron chi connectivity index (χ3n) is 4.24. The van der Waals surface area contributed by atoms with Crippen LogP contribution in [0.15, 0.2) is 47.6 Å². The number of benzene rings is 2.